The van der Waals surface area contributed by atoms with Crippen molar-refractivity contribution >= 4 is 17.3 Å². The number of carbonyl (C=O) groups excluding carboxylic acids is 1. The van der Waals surface area contributed by atoms with Gasteiger partial charge in [0.2, 0.25) is 0 Å². The van der Waals surface area contributed by atoms with Gasteiger partial charge in [0.15, 0.2) is 0 Å². The Labute approximate surface area is 135 Å². The average molecular weight is 315 g/mol. The lowest BCUT2D eigenvalue weighted by Gasteiger charge is -2.27. The Balaban J connectivity index is 1.98. The molecule has 0 amide bonds. The van der Waals surface area contributed by atoms with E-state index in [9.17, 15) is 4.79 Å². The smallest absolute Gasteiger partial charge is 0.348 e. The van der Waals surface area contributed by atoms with Gasteiger partial charge in [0.05, 0.1) is 7.11 Å². The second kappa shape index (κ2) is 6.61. The van der Waals surface area contributed by atoms with E-state index in [0.29, 0.717) is 10.8 Å². The van der Waals surface area contributed by atoms with Gasteiger partial charge in [0, 0.05) is 23.5 Å². The maximum absolute atomic E-state index is 12.0. The minimum atomic E-state index is -0.267. The van der Waals surface area contributed by atoms with E-state index in [1.165, 1.54) is 49.7 Å². The Morgan fingerprint density at radius 1 is 1.23 bits per heavy atom. The molecule has 0 N–H and O–H groups in total. The highest BCUT2D eigenvalue weighted by molar-refractivity contribution is 7.12. The van der Waals surface area contributed by atoms with E-state index in [0.717, 1.165) is 17.0 Å². The summed E-state index contributed by atoms with van der Waals surface area (Å²) in [4.78, 5) is 16.9. The van der Waals surface area contributed by atoms with Gasteiger partial charge < -0.3 is 4.74 Å². The fraction of sp³-hybridized carbons (Fsp3) is 0.444. The molecule has 0 spiro atoms. The van der Waals surface area contributed by atoms with E-state index in [1.54, 1.807) is 0 Å². The first kappa shape index (κ1) is 15.2. The van der Waals surface area contributed by atoms with Gasteiger partial charge in [0.25, 0.3) is 0 Å². The third-order valence-electron chi connectivity index (χ3n) is 4.64. The van der Waals surface area contributed by atoms with Crippen molar-refractivity contribution in [3.8, 4) is 11.1 Å². The Morgan fingerprint density at radius 3 is 2.73 bits per heavy atom. The highest BCUT2D eigenvalue weighted by Crippen LogP contribution is 2.41. The van der Waals surface area contributed by atoms with Crippen LogP contribution in [0.4, 0.5) is 0 Å². The third kappa shape index (κ3) is 2.93. The molecular weight excluding hydrogens is 294 g/mol. The standard InChI is InChI=1S/C18H21NO2S/c1-12-3-5-13(6-4-12)14-7-9-19-11-16(14)15-8-10-22-17(15)18(20)21-2/h7-13H,3-6H2,1-2H3. The summed E-state index contributed by atoms with van der Waals surface area (Å²) in [6.07, 6.45) is 8.74. The van der Waals surface area contributed by atoms with Gasteiger partial charge in [0.1, 0.15) is 4.88 Å². The number of methoxy groups -OCH3 is 1. The largest absolute Gasteiger partial charge is 0.465 e. The first-order valence-electron chi connectivity index (χ1n) is 7.80. The van der Waals surface area contributed by atoms with Crippen LogP contribution in [0.5, 0.6) is 0 Å². The van der Waals surface area contributed by atoms with Crippen LogP contribution in [0.1, 0.15) is 53.8 Å². The Bertz CT molecular complexity index is 657. The molecule has 1 aliphatic rings. The normalized spacial score (nSPS) is 21.5. The van der Waals surface area contributed by atoms with Gasteiger partial charge >= 0.3 is 5.97 Å². The molecule has 2 heterocycles. The van der Waals surface area contributed by atoms with Gasteiger partial charge in [-0.25, -0.2) is 4.79 Å². The molecule has 0 aliphatic heterocycles. The number of rotatable bonds is 3. The molecule has 3 nitrogen and oxygen atoms in total. The van der Waals surface area contributed by atoms with E-state index >= 15 is 0 Å². The predicted molar refractivity (Wildman–Crippen MR) is 89.3 cm³/mol. The van der Waals surface area contributed by atoms with Crippen LogP contribution in [0.2, 0.25) is 0 Å². The molecule has 0 atom stereocenters. The highest BCUT2D eigenvalue weighted by atomic mass is 32.1. The SMILES string of the molecule is COC(=O)c1sccc1-c1cnccc1C1CCC(C)CC1. The fourth-order valence-electron chi connectivity index (χ4n) is 3.33. The lowest BCUT2D eigenvalue weighted by atomic mass is 9.78. The summed E-state index contributed by atoms with van der Waals surface area (Å²) >= 11 is 1.43. The van der Waals surface area contributed by atoms with Gasteiger partial charge in [-0.15, -0.1) is 11.3 Å². The summed E-state index contributed by atoms with van der Waals surface area (Å²) in [5.74, 6) is 1.13. The molecule has 4 heteroatoms. The summed E-state index contributed by atoms with van der Waals surface area (Å²) < 4.78 is 4.91. The zero-order valence-electron chi connectivity index (χ0n) is 13.0. The topological polar surface area (TPSA) is 39.2 Å². The van der Waals surface area contributed by atoms with Crippen LogP contribution in [0.15, 0.2) is 29.9 Å². The molecular formula is C18H21NO2S. The zero-order chi connectivity index (χ0) is 15.5. The van der Waals surface area contributed by atoms with Crippen LogP contribution in [-0.2, 0) is 4.74 Å². The van der Waals surface area contributed by atoms with E-state index in [1.807, 2.05) is 23.8 Å². The molecule has 22 heavy (non-hydrogen) atoms. The summed E-state index contributed by atoms with van der Waals surface area (Å²) in [7, 11) is 1.43. The number of esters is 1. The van der Waals surface area contributed by atoms with Crippen LogP contribution < -0.4 is 0 Å². The highest BCUT2D eigenvalue weighted by Gasteiger charge is 2.24. The van der Waals surface area contributed by atoms with Gasteiger partial charge in [-0.2, -0.15) is 0 Å². The zero-order valence-corrected chi connectivity index (χ0v) is 13.9. The van der Waals surface area contributed by atoms with Crippen molar-refractivity contribution < 1.29 is 9.53 Å². The number of hydrogen-bond acceptors (Lipinski definition) is 4. The van der Waals surface area contributed by atoms with E-state index in [4.69, 9.17) is 4.74 Å². The van der Waals surface area contributed by atoms with Crippen LogP contribution >= 0.6 is 11.3 Å². The molecule has 1 saturated carbocycles. The van der Waals surface area contributed by atoms with Crippen LogP contribution in [-0.4, -0.2) is 18.1 Å². The summed E-state index contributed by atoms with van der Waals surface area (Å²) in [6, 6.07) is 4.12. The molecule has 0 radical (unpaired) electrons. The third-order valence-corrected chi connectivity index (χ3v) is 5.53. The number of hydrogen-bond donors (Lipinski definition) is 0. The quantitative estimate of drug-likeness (QED) is 0.757. The summed E-state index contributed by atoms with van der Waals surface area (Å²) in [6.45, 7) is 2.33. The molecule has 0 aromatic carbocycles. The van der Waals surface area contributed by atoms with Crippen LogP contribution in [0.3, 0.4) is 0 Å². The predicted octanol–water partition coefficient (Wildman–Crippen LogP) is 4.89. The number of thiophene rings is 1. The number of carbonyl (C=O) groups is 1. The van der Waals surface area contributed by atoms with Crippen molar-refractivity contribution in [3.63, 3.8) is 0 Å². The van der Waals surface area contributed by atoms with E-state index < -0.39 is 0 Å². The van der Waals surface area contributed by atoms with Crippen molar-refractivity contribution in [2.45, 2.75) is 38.5 Å². The Morgan fingerprint density at radius 2 is 2.00 bits per heavy atom. The lowest BCUT2D eigenvalue weighted by molar-refractivity contribution is 0.0607. The molecule has 116 valence electrons. The fourth-order valence-corrected chi connectivity index (χ4v) is 4.15. The van der Waals surface area contributed by atoms with Crippen molar-refractivity contribution in [2.75, 3.05) is 7.11 Å². The van der Waals surface area contributed by atoms with Crippen molar-refractivity contribution in [2.24, 2.45) is 5.92 Å². The Hall–Kier alpha value is -1.68. The monoisotopic (exact) mass is 315 g/mol. The van der Waals surface area contributed by atoms with Gasteiger partial charge in [-0.1, -0.05) is 19.8 Å². The maximum Gasteiger partial charge on any atom is 0.348 e. The molecule has 1 aliphatic carbocycles. The molecule has 3 rings (SSSR count). The molecule has 2 aromatic rings. The molecule has 2 aromatic heterocycles. The Kier molecular flexibility index (Phi) is 4.57. The second-order valence-corrected chi connectivity index (χ2v) is 6.99. The average Bonchev–Trinajstić information content (AvgIpc) is 3.04. The molecule has 0 unspecified atom stereocenters. The molecule has 1 fully saturated rings. The van der Waals surface area contributed by atoms with Crippen LogP contribution in [0, 0.1) is 5.92 Å². The minimum absolute atomic E-state index is 0.267. The summed E-state index contributed by atoms with van der Waals surface area (Å²) in [5.41, 5.74) is 3.37. The van der Waals surface area contributed by atoms with E-state index in [2.05, 4.69) is 18.0 Å². The van der Waals surface area contributed by atoms with Crippen LogP contribution in [0.25, 0.3) is 11.1 Å². The van der Waals surface area contributed by atoms with Crippen molar-refractivity contribution in [1.29, 1.82) is 0 Å². The minimum Gasteiger partial charge on any atom is -0.465 e. The first-order chi connectivity index (χ1) is 10.7. The number of pyridine rings is 1. The van der Waals surface area contributed by atoms with E-state index in [-0.39, 0.29) is 5.97 Å². The number of nitrogens with zero attached hydrogens (tertiary/aromatic N) is 1. The second-order valence-electron chi connectivity index (χ2n) is 6.07. The maximum atomic E-state index is 12.0. The number of aromatic nitrogens is 1. The van der Waals surface area contributed by atoms with Gasteiger partial charge in [-0.05, 0) is 47.8 Å². The van der Waals surface area contributed by atoms with Crippen molar-refractivity contribution in [3.05, 3.63) is 40.3 Å². The van der Waals surface area contributed by atoms with Gasteiger partial charge in [-0.3, -0.25) is 4.98 Å². The summed E-state index contributed by atoms with van der Waals surface area (Å²) in [5, 5.41) is 1.95. The first-order valence-corrected chi connectivity index (χ1v) is 8.68. The molecule has 0 bridgehead atoms. The number of ether oxygens (including phenoxy) is 1. The van der Waals surface area contributed by atoms with Crippen molar-refractivity contribution in [1.82, 2.24) is 4.98 Å². The molecule has 0 saturated heterocycles. The lowest BCUT2D eigenvalue weighted by Crippen LogP contribution is -2.12.